The molecule has 7 heteroatoms. The van der Waals surface area contributed by atoms with Crippen LogP contribution in [0.5, 0.6) is 0 Å². The third-order valence-electron chi connectivity index (χ3n) is 4.59. The van der Waals surface area contributed by atoms with E-state index in [0.717, 1.165) is 38.4 Å². The molecule has 22 heavy (non-hydrogen) atoms. The summed E-state index contributed by atoms with van der Waals surface area (Å²) in [4.78, 5) is 15.0. The van der Waals surface area contributed by atoms with E-state index in [-0.39, 0.29) is 24.2 Å². The van der Waals surface area contributed by atoms with Crippen molar-refractivity contribution in [2.45, 2.75) is 24.5 Å². The minimum absolute atomic E-state index is 0. The molecule has 0 saturated carbocycles. The van der Waals surface area contributed by atoms with Crippen LogP contribution in [0.15, 0.2) is 12.4 Å². The quantitative estimate of drug-likeness (QED) is 0.902. The molecule has 2 saturated heterocycles. The van der Waals surface area contributed by atoms with Crippen LogP contribution in [-0.4, -0.2) is 57.8 Å². The summed E-state index contributed by atoms with van der Waals surface area (Å²) in [5, 5.41) is 8.24. The summed E-state index contributed by atoms with van der Waals surface area (Å²) < 4.78 is 1.82. The molecule has 2 fully saturated rings. The predicted molar refractivity (Wildman–Crippen MR) is 92.7 cm³/mol. The van der Waals surface area contributed by atoms with Crippen molar-refractivity contribution in [1.29, 1.82) is 0 Å². The van der Waals surface area contributed by atoms with Crippen molar-refractivity contribution in [2.75, 3.05) is 31.9 Å². The minimum Gasteiger partial charge on any atom is -0.340 e. The molecule has 1 amide bonds. The zero-order chi connectivity index (χ0) is 14.8. The normalized spacial score (nSPS) is 28.5. The van der Waals surface area contributed by atoms with Gasteiger partial charge in [0.1, 0.15) is 0 Å². The molecule has 5 nitrogen and oxygen atoms in total. The Morgan fingerprint density at radius 3 is 3.00 bits per heavy atom. The Labute approximate surface area is 142 Å². The van der Waals surface area contributed by atoms with Crippen LogP contribution in [0.2, 0.25) is 0 Å². The standard InChI is InChI=1S/C15H24N4OS.ClH/c1-3-12-10-19(4-5-21-12)15(20)14-8-16-7-13(14)11-6-17-18(2)9-11;/h6,9,12-14,16H,3-5,7-8,10H2,1-2H3;1H/t12?,13-,14+;/m1./s1. The number of amides is 1. The third-order valence-corrected chi connectivity index (χ3v) is 5.96. The summed E-state index contributed by atoms with van der Waals surface area (Å²) in [6, 6.07) is 0. The summed E-state index contributed by atoms with van der Waals surface area (Å²) in [5.74, 6) is 1.73. The number of nitrogens with zero attached hydrogens (tertiary/aromatic N) is 3. The molecule has 0 bridgehead atoms. The average molecular weight is 345 g/mol. The van der Waals surface area contributed by atoms with Crippen LogP contribution in [0.3, 0.4) is 0 Å². The number of carbonyl (C=O) groups is 1. The maximum Gasteiger partial charge on any atom is 0.227 e. The molecule has 1 aromatic rings. The molecular weight excluding hydrogens is 320 g/mol. The van der Waals surface area contributed by atoms with Gasteiger partial charge in [0.15, 0.2) is 0 Å². The van der Waals surface area contributed by atoms with Gasteiger partial charge >= 0.3 is 0 Å². The lowest BCUT2D eigenvalue weighted by Crippen LogP contribution is -2.46. The number of nitrogens with one attached hydrogen (secondary N) is 1. The highest BCUT2D eigenvalue weighted by molar-refractivity contribution is 8.00. The van der Waals surface area contributed by atoms with Crippen LogP contribution < -0.4 is 5.32 Å². The van der Waals surface area contributed by atoms with E-state index in [1.54, 1.807) is 0 Å². The summed E-state index contributed by atoms with van der Waals surface area (Å²) in [5.41, 5.74) is 1.18. The number of thioether (sulfide) groups is 1. The lowest BCUT2D eigenvalue weighted by Gasteiger charge is -2.34. The van der Waals surface area contributed by atoms with E-state index in [2.05, 4.69) is 22.2 Å². The van der Waals surface area contributed by atoms with E-state index in [4.69, 9.17) is 0 Å². The van der Waals surface area contributed by atoms with Gasteiger partial charge in [-0.15, -0.1) is 12.4 Å². The lowest BCUT2D eigenvalue weighted by molar-refractivity contribution is -0.135. The van der Waals surface area contributed by atoms with Crippen molar-refractivity contribution in [2.24, 2.45) is 13.0 Å². The van der Waals surface area contributed by atoms with E-state index in [1.807, 2.05) is 35.9 Å². The highest BCUT2D eigenvalue weighted by Crippen LogP contribution is 2.31. The van der Waals surface area contributed by atoms with Gasteiger partial charge in [-0.3, -0.25) is 9.48 Å². The van der Waals surface area contributed by atoms with Crippen LogP contribution in [0.1, 0.15) is 24.8 Å². The first-order chi connectivity index (χ1) is 10.2. The van der Waals surface area contributed by atoms with Gasteiger partial charge < -0.3 is 10.2 Å². The molecular formula is C15H25ClN4OS. The average Bonchev–Trinajstić information content (AvgIpc) is 3.15. The second kappa shape index (κ2) is 7.70. The molecule has 0 aliphatic carbocycles. The summed E-state index contributed by atoms with van der Waals surface area (Å²) >= 11 is 2.00. The maximum absolute atomic E-state index is 12.9. The monoisotopic (exact) mass is 344 g/mol. The summed E-state index contributed by atoms with van der Waals surface area (Å²) in [7, 11) is 1.93. The van der Waals surface area contributed by atoms with Gasteiger partial charge in [-0.05, 0) is 12.0 Å². The molecule has 3 atom stereocenters. The Balaban J connectivity index is 0.00000176. The minimum atomic E-state index is 0. The zero-order valence-corrected chi connectivity index (χ0v) is 14.8. The molecule has 3 rings (SSSR count). The molecule has 0 aromatic carbocycles. The fourth-order valence-corrected chi connectivity index (χ4v) is 4.50. The van der Waals surface area contributed by atoms with Gasteiger partial charge in [0.2, 0.25) is 5.91 Å². The number of carbonyl (C=O) groups excluding carboxylic acids is 1. The van der Waals surface area contributed by atoms with Crippen molar-refractivity contribution < 1.29 is 4.79 Å². The first-order valence-corrected chi connectivity index (χ1v) is 8.83. The van der Waals surface area contributed by atoms with Gasteiger partial charge in [-0.2, -0.15) is 16.9 Å². The van der Waals surface area contributed by atoms with Gasteiger partial charge in [0, 0.05) is 56.3 Å². The van der Waals surface area contributed by atoms with Gasteiger partial charge in [-0.25, -0.2) is 0 Å². The lowest BCUT2D eigenvalue weighted by atomic mass is 9.89. The SMILES string of the molecule is CCC1CN(C(=O)[C@H]2CNC[C@@H]2c2cnn(C)c2)CCS1.Cl. The highest BCUT2D eigenvalue weighted by atomic mass is 35.5. The Bertz CT molecular complexity index is 509. The Kier molecular flexibility index (Phi) is 6.17. The Morgan fingerprint density at radius 2 is 2.32 bits per heavy atom. The van der Waals surface area contributed by atoms with E-state index < -0.39 is 0 Å². The molecule has 0 spiro atoms. The van der Waals surface area contributed by atoms with Crippen molar-refractivity contribution in [3.05, 3.63) is 18.0 Å². The van der Waals surface area contributed by atoms with E-state index in [0.29, 0.717) is 11.2 Å². The van der Waals surface area contributed by atoms with Crippen LogP contribution in [0, 0.1) is 5.92 Å². The van der Waals surface area contributed by atoms with E-state index >= 15 is 0 Å². The topological polar surface area (TPSA) is 50.2 Å². The van der Waals surface area contributed by atoms with Crippen LogP contribution in [0.25, 0.3) is 0 Å². The largest absolute Gasteiger partial charge is 0.340 e. The molecule has 124 valence electrons. The maximum atomic E-state index is 12.9. The van der Waals surface area contributed by atoms with Gasteiger partial charge in [-0.1, -0.05) is 6.92 Å². The van der Waals surface area contributed by atoms with Crippen molar-refractivity contribution in [3.63, 3.8) is 0 Å². The first kappa shape index (κ1) is 17.6. The number of hydrogen-bond acceptors (Lipinski definition) is 4. The van der Waals surface area contributed by atoms with Gasteiger partial charge in [0.05, 0.1) is 12.1 Å². The number of halogens is 1. The smallest absolute Gasteiger partial charge is 0.227 e. The molecule has 1 aromatic heterocycles. The summed E-state index contributed by atoms with van der Waals surface area (Å²) in [6.07, 6.45) is 5.08. The molecule has 0 radical (unpaired) electrons. The number of aromatic nitrogens is 2. The second-order valence-corrected chi connectivity index (χ2v) is 7.41. The fourth-order valence-electron chi connectivity index (χ4n) is 3.32. The van der Waals surface area contributed by atoms with Crippen LogP contribution in [0.4, 0.5) is 0 Å². The Hall–Kier alpha value is -0.720. The number of rotatable bonds is 3. The highest BCUT2D eigenvalue weighted by Gasteiger charge is 2.38. The zero-order valence-electron chi connectivity index (χ0n) is 13.2. The van der Waals surface area contributed by atoms with Crippen LogP contribution >= 0.6 is 24.2 Å². The van der Waals surface area contributed by atoms with Crippen LogP contribution in [-0.2, 0) is 11.8 Å². The fraction of sp³-hybridized carbons (Fsp3) is 0.733. The molecule has 1 unspecified atom stereocenters. The first-order valence-electron chi connectivity index (χ1n) is 7.78. The van der Waals surface area contributed by atoms with E-state index in [9.17, 15) is 4.79 Å². The number of aryl methyl sites for hydroxylation is 1. The van der Waals surface area contributed by atoms with Crippen molar-refractivity contribution >= 4 is 30.1 Å². The predicted octanol–water partition coefficient (Wildman–Crippen LogP) is 1.50. The molecule has 2 aliphatic heterocycles. The van der Waals surface area contributed by atoms with Crippen molar-refractivity contribution in [3.8, 4) is 0 Å². The second-order valence-electron chi connectivity index (χ2n) is 6.00. The van der Waals surface area contributed by atoms with E-state index in [1.165, 1.54) is 5.56 Å². The molecule has 1 N–H and O–H groups in total. The van der Waals surface area contributed by atoms with Gasteiger partial charge in [0.25, 0.3) is 0 Å². The molecule has 2 aliphatic rings. The summed E-state index contributed by atoms with van der Waals surface area (Å²) in [6.45, 7) is 5.69. The van der Waals surface area contributed by atoms with Crippen molar-refractivity contribution in [1.82, 2.24) is 20.0 Å². The third kappa shape index (κ3) is 3.60. The Morgan fingerprint density at radius 1 is 1.50 bits per heavy atom. The number of hydrogen-bond donors (Lipinski definition) is 1. The molecule has 3 heterocycles.